The monoisotopic (exact) mass is 528 g/mol. The van der Waals surface area contributed by atoms with Crippen LogP contribution in [0.25, 0.3) is 0 Å². The molecule has 2 amide bonds. The van der Waals surface area contributed by atoms with Crippen LogP contribution in [0.3, 0.4) is 0 Å². The standard InChI is InChI=1S/C30H36N6O3/c1-30(2,3)39-29(38)35-19-23-18-34(28(37)26-27(31)33-15-14-32-26)16-17-36(23)24(20-35)25(21-10-6-4-7-11-21)22-12-8-5-9-13-22/h4-15,23-25H,16-20H2,1-3H3,(H2,31,33)/t23-,24-/m0/s1. The van der Waals surface area contributed by atoms with Gasteiger partial charge in [0.1, 0.15) is 5.60 Å². The van der Waals surface area contributed by atoms with Crippen molar-refractivity contribution < 1.29 is 14.3 Å². The Kier molecular flexibility index (Phi) is 7.52. The Bertz CT molecular complexity index is 1260. The summed E-state index contributed by atoms with van der Waals surface area (Å²) in [6.45, 7) is 8.25. The number of nitrogen functional groups attached to an aromatic ring is 1. The summed E-state index contributed by atoms with van der Waals surface area (Å²) >= 11 is 0. The zero-order valence-corrected chi connectivity index (χ0v) is 22.7. The number of benzene rings is 2. The van der Waals surface area contributed by atoms with Crippen molar-refractivity contribution in [2.45, 2.75) is 44.4 Å². The summed E-state index contributed by atoms with van der Waals surface area (Å²) < 4.78 is 5.81. The molecule has 0 radical (unpaired) electrons. The number of hydrogen-bond donors (Lipinski definition) is 1. The summed E-state index contributed by atoms with van der Waals surface area (Å²) in [6.07, 6.45) is 2.61. The number of fused-ring (bicyclic) bond motifs is 1. The van der Waals surface area contributed by atoms with Gasteiger partial charge in [0.05, 0.1) is 0 Å². The molecule has 2 atom stereocenters. The van der Waals surface area contributed by atoms with Gasteiger partial charge in [0.15, 0.2) is 11.5 Å². The molecule has 2 fully saturated rings. The third-order valence-electron chi connectivity index (χ3n) is 7.36. The quantitative estimate of drug-likeness (QED) is 0.551. The largest absolute Gasteiger partial charge is 0.444 e. The molecular weight excluding hydrogens is 492 g/mol. The number of hydrogen-bond acceptors (Lipinski definition) is 7. The van der Waals surface area contributed by atoms with Gasteiger partial charge in [-0.25, -0.2) is 14.8 Å². The first-order valence-electron chi connectivity index (χ1n) is 13.4. The van der Waals surface area contributed by atoms with Crippen LogP contribution in [0.4, 0.5) is 10.6 Å². The van der Waals surface area contributed by atoms with Gasteiger partial charge >= 0.3 is 6.09 Å². The van der Waals surface area contributed by atoms with Crippen LogP contribution in [-0.4, -0.2) is 87.1 Å². The molecule has 2 aliphatic heterocycles. The van der Waals surface area contributed by atoms with E-state index in [9.17, 15) is 9.59 Å². The fraction of sp³-hybridized carbons (Fsp3) is 0.400. The molecule has 2 aromatic carbocycles. The number of nitrogens with two attached hydrogens (primary N) is 1. The second-order valence-corrected chi connectivity index (χ2v) is 11.2. The van der Waals surface area contributed by atoms with E-state index in [1.165, 1.54) is 23.5 Å². The van der Waals surface area contributed by atoms with E-state index in [2.05, 4.69) is 63.4 Å². The zero-order chi connectivity index (χ0) is 27.6. The fourth-order valence-electron chi connectivity index (χ4n) is 5.71. The van der Waals surface area contributed by atoms with E-state index in [0.29, 0.717) is 32.7 Å². The minimum Gasteiger partial charge on any atom is -0.444 e. The highest BCUT2D eigenvalue weighted by atomic mass is 16.6. The number of rotatable bonds is 4. The number of carbonyl (C=O) groups excluding carboxylic acids is 2. The molecule has 1 aromatic heterocycles. The van der Waals surface area contributed by atoms with E-state index in [1.807, 2.05) is 32.9 Å². The van der Waals surface area contributed by atoms with Crippen molar-refractivity contribution in [3.63, 3.8) is 0 Å². The summed E-state index contributed by atoms with van der Waals surface area (Å²) in [5.74, 6) is -0.0954. The molecule has 0 spiro atoms. The lowest BCUT2D eigenvalue weighted by atomic mass is 9.82. The fourth-order valence-corrected chi connectivity index (χ4v) is 5.71. The van der Waals surface area contributed by atoms with Gasteiger partial charge in [0.2, 0.25) is 0 Å². The molecule has 0 saturated carbocycles. The maximum absolute atomic E-state index is 13.4. The molecule has 39 heavy (non-hydrogen) atoms. The highest BCUT2D eigenvalue weighted by molar-refractivity contribution is 5.96. The normalized spacial score (nSPS) is 20.0. The number of ether oxygens (including phenoxy) is 1. The van der Waals surface area contributed by atoms with Crippen molar-refractivity contribution in [2.24, 2.45) is 0 Å². The molecule has 0 bridgehead atoms. The van der Waals surface area contributed by atoms with Gasteiger partial charge < -0.3 is 20.3 Å². The van der Waals surface area contributed by atoms with Crippen molar-refractivity contribution in [3.05, 3.63) is 89.9 Å². The first-order chi connectivity index (χ1) is 18.7. The molecule has 0 unspecified atom stereocenters. The van der Waals surface area contributed by atoms with Gasteiger partial charge in [-0.05, 0) is 31.9 Å². The average molecular weight is 529 g/mol. The second kappa shape index (κ2) is 11.0. The first-order valence-corrected chi connectivity index (χ1v) is 13.4. The number of anilines is 1. The number of piperazine rings is 2. The summed E-state index contributed by atoms with van der Waals surface area (Å²) in [7, 11) is 0. The predicted molar refractivity (Wildman–Crippen MR) is 149 cm³/mol. The van der Waals surface area contributed by atoms with Crippen LogP contribution in [0.1, 0.15) is 48.3 Å². The van der Waals surface area contributed by atoms with E-state index < -0.39 is 5.60 Å². The first kappa shape index (κ1) is 26.6. The van der Waals surface area contributed by atoms with Crippen LogP contribution in [0.15, 0.2) is 73.1 Å². The summed E-state index contributed by atoms with van der Waals surface area (Å²) in [5.41, 5.74) is 7.89. The highest BCUT2D eigenvalue weighted by Crippen LogP contribution is 2.36. The van der Waals surface area contributed by atoms with Crippen molar-refractivity contribution in [2.75, 3.05) is 38.5 Å². The lowest BCUT2D eigenvalue weighted by Crippen LogP contribution is -2.68. The molecule has 204 valence electrons. The molecule has 2 aliphatic rings. The SMILES string of the molecule is CC(C)(C)OC(=O)N1C[C@@H]2CN(C(=O)c3nccnc3N)CCN2[C@H](C(c2ccccc2)c2ccccc2)C1. The van der Waals surface area contributed by atoms with Gasteiger partial charge in [-0.1, -0.05) is 60.7 Å². The Morgan fingerprint density at radius 3 is 2.05 bits per heavy atom. The van der Waals surface area contributed by atoms with E-state index in [4.69, 9.17) is 10.5 Å². The minimum absolute atomic E-state index is 0.0140. The Labute approximate surface area is 229 Å². The number of aromatic nitrogens is 2. The number of amides is 2. The predicted octanol–water partition coefficient (Wildman–Crippen LogP) is 3.64. The van der Waals surface area contributed by atoms with Crippen LogP contribution < -0.4 is 5.73 Å². The van der Waals surface area contributed by atoms with Crippen LogP contribution in [-0.2, 0) is 4.74 Å². The van der Waals surface area contributed by atoms with Crippen LogP contribution >= 0.6 is 0 Å². The molecule has 0 aliphatic carbocycles. The van der Waals surface area contributed by atoms with E-state index in [1.54, 1.807) is 9.80 Å². The third-order valence-corrected chi connectivity index (χ3v) is 7.36. The minimum atomic E-state index is -0.611. The lowest BCUT2D eigenvalue weighted by molar-refractivity contribution is -0.0387. The van der Waals surface area contributed by atoms with E-state index in [-0.39, 0.29) is 41.5 Å². The average Bonchev–Trinajstić information content (AvgIpc) is 2.93. The second-order valence-electron chi connectivity index (χ2n) is 11.2. The van der Waals surface area contributed by atoms with Crippen LogP contribution in [0, 0.1) is 0 Å². The Morgan fingerprint density at radius 1 is 0.872 bits per heavy atom. The smallest absolute Gasteiger partial charge is 0.410 e. The molecule has 2 N–H and O–H groups in total. The van der Waals surface area contributed by atoms with Gasteiger partial charge in [0.25, 0.3) is 5.91 Å². The van der Waals surface area contributed by atoms with Crippen LogP contribution in [0.2, 0.25) is 0 Å². The molecule has 5 rings (SSSR count). The number of carbonyl (C=O) groups is 2. The van der Waals surface area contributed by atoms with Gasteiger partial charge in [-0.15, -0.1) is 0 Å². The maximum Gasteiger partial charge on any atom is 0.410 e. The van der Waals surface area contributed by atoms with Gasteiger partial charge in [-0.3, -0.25) is 9.69 Å². The van der Waals surface area contributed by atoms with Gasteiger partial charge in [-0.2, -0.15) is 0 Å². The van der Waals surface area contributed by atoms with Crippen molar-refractivity contribution in [3.8, 4) is 0 Å². The Hall–Kier alpha value is -3.98. The summed E-state index contributed by atoms with van der Waals surface area (Å²) in [4.78, 5) is 41.0. The molecule has 3 heterocycles. The lowest BCUT2D eigenvalue weighted by Gasteiger charge is -2.53. The summed E-state index contributed by atoms with van der Waals surface area (Å²) in [6, 6.07) is 20.8. The molecule has 2 saturated heterocycles. The summed E-state index contributed by atoms with van der Waals surface area (Å²) in [5, 5.41) is 0. The van der Waals surface area contributed by atoms with Crippen LogP contribution in [0.5, 0.6) is 0 Å². The molecule has 9 heteroatoms. The third kappa shape index (κ3) is 5.88. The molecule has 3 aromatic rings. The van der Waals surface area contributed by atoms with E-state index >= 15 is 0 Å². The maximum atomic E-state index is 13.4. The molecular formula is C30H36N6O3. The highest BCUT2D eigenvalue weighted by Gasteiger charge is 2.45. The number of nitrogens with zero attached hydrogens (tertiary/aromatic N) is 5. The Balaban J connectivity index is 1.49. The van der Waals surface area contributed by atoms with E-state index in [0.717, 1.165) is 0 Å². The topological polar surface area (TPSA) is 105 Å². The van der Waals surface area contributed by atoms with Crippen molar-refractivity contribution in [1.82, 2.24) is 24.7 Å². The zero-order valence-electron chi connectivity index (χ0n) is 22.7. The van der Waals surface area contributed by atoms with Crippen molar-refractivity contribution >= 4 is 17.8 Å². The van der Waals surface area contributed by atoms with Crippen molar-refractivity contribution in [1.29, 1.82) is 0 Å². The van der Waals surface area contributed by atoms with Gasteiger partial charge in [0, 0.05) is 63.1 Å². The Morgan fingerprint density at radius 2 is 1.46 bits per heavy atom. The molecule has 9 nitrogen and oxygen atoms in total.